The number of phenolic OH excluding ortho intramolecular Hbond substituents is 1. The van der Waals surface area contributed by atoms with Gasteiger partial charge in [-0.2, -0.15) is 0 Å². The number of rotatable bonds is 4. The number of carbonyl (C=O) groups excluding carboxylic acids is 1. The molecule has 26 heavy (non-hydrogen) atoms. The van der Waals surface area contributed by atoms with Crippen molar-refractivity contribution in [3.05, 3.63) is 28.8 Å². The van der Waals surface area contributed by atoms with Crippen LogP contribution in [0.5, 0.6) is 5.75 Å². The molecule has 0 saturated carbocycles. The SMILES string of the molecule is CC(C)(C)c1cc(C=O)c(O)c(C(C)(C)C)c1.CCC(C)C(N)C(=O)O. The first kappa shape index (κ1) is 24.1. The van der Waals surface area contributed by atoms with Crippen molar-refractivity contribution in [2.45, 2.75) is 78.7 Å². The van der Waals surface area contributed by atoms with Crippen LogP contribution in [0, 0.1) is 5.92 Å². The lowest BCUT2D eigenvalue weighted by Gasteiger charge is -2.26. The van der Waals surface area contributed by atoms with E-state index in [0.29, 0.717) is 5.56 Å². The molecule has 148 valence electrons. The van der Waals surface area contributed by atoms with Crippen molar-refractivity contribution < 1.29 is 19.8 Å². The average Bonchev–Trinajstić information content (AvgIpc) is 2.51. The second kappa shape index (κ2) is 9.17. The molecule has 0 saturated heterocycles. The minimum atomic E-state index is -0.913. The van der Waals surface area contributed by atoms with E-state index in [4.69, 9.17) is 10.8 Å². The molecule has 0 aromatic heterocycles. The third kappa shape index (κ3) is 6.79. The normalized spacial score (nSPS) is 14.0. The number of carboxylic acids is 1. The second-order valence-electron chi connectivity index (χ2n) is 8.83. The molecule has 0 amide bonds. The highest BCUT2D eigenvalue weighted by Gasteiger charge is 2.24. The van der Waals surface area contributed by atoms with Crippen LogP contribution >= 0.6 is 0 Å². The van der Waals surface area contributed by atoms with Gasteiger partial charge in [0.1, 0.15) is 11.8 Å². The first-order chi connectivity index (χ1) is 11.7. The van der Waals surface area contributed by atoms with Crippen molar-refractivity contribution in [1.82, 2.24) is 0 Å². The summed E-state index contributed by atoms with van der Waals surface area (Å²) in [6.07, 6.45) is 1.54. The average molecular weight is 366 g/mol. The molecule has 0 spiro atoms. The van der Waals surface area contributed by atoms with Gasteiger partial charge in [-0.25, -0.2) is 0 Å². The lowest BCUT2D eigenvalue weighted by atomic mass is 9.79. The Morgan fingerprint density at radius 1 is 1.15 bits per heavy atom. The maximum Gasteiger partial charge on any atom is 0.320 e. The maximum atomic E-state index is 11.0. The Kier molecular flexibility index (Phi) is 8.51. The number of benzene rings is 1. The maximum absolute atomic E-state index is 11.0. The van der Waals surface area contributed by atoms with E-state index in [1.54, 1.807) is 6.07 Å². The fraction of sp³-hybridized carbons (Fsp3) is 0.619. The zero-order chi connectivity index (χ0) is 20.9. The third-order valence-electron chi connectivity index (χ3n) is 4.48. The fourth-order valence-corrected chi connectivity index (χ4v) is 2.25. The summed E-state index contributed by atoms with van der Waals surface area (Å²) in [4.78, 5) is 21.2. The molecule has 5 nitrogen and oxygen atoms in total. The van der Waals surface area contributed by atoms with Crippen LogP contribution in [0.1, 0.15) is 83.3 Å². The smallest absolute Gasteiger partial charge is 0.320 e. The van der Waals surface area contributed by atoms with E-state index in [1.807, 2.05) is 40.7 Å². The topological polar surface area (TPSA) is 101 Å². The van der Waals surface area contributed by atoms with Crippen molar-refractivity contribution in [2.24, 2.45) is 11.7 Å². The largest absolute Gasteiger partial charge is 0.507 e. The van der Waals surface area contributed by atoms with Gasteiger partial charge in [0.05, 0.1) is 5.56 Å². The summed E-state index contributed by atoms with van der Waals surface area (Å²) >= 11 is 0. The number of aldehydes is 1. The Hall–Kier alpha value is -1.88. The van der Waals surface area contributed by atoms with Gasteiger partial charge in [0.15, 0.2) is 6.29 Å². The number of carboxylic acid groups (broad SMARTS) is 1. The monoisotopic (exact) mass is 365 g/mol. The van der Waals surface area contributed by atoms with E-state index >= 15 is 0 Å². The third-order valence-corrected chi connectivity index (χ3v) is 4.48. The van der Waals surface area contributed by atoms with Crippen LogP contribution < -0.4 is 5.73 Å². The molecule has 0 fully saturated rings. The zero-order valence-electron chi connectivity index (χ0n) is 17.4. The van der Waals surface area contributed by atoms with Gasteiger partial charge in [0.25, 0.3) is 0 Å². The number of aromatic hydroxyl groups is 1. The molecule has 0 radical (unpaired) electrons. The van der Waals surface area contributed by atoms with Gasteiger partial charge in [-0.05, 0) is 28.4 Å². The summed E-state index contributed by atoms with van der Waals surface area (Å²) in [5.74, 6) is -0.729. The predicted molar refractivity (Wildman–Crippen MR) is 106 cm³/mol. The predicted octanol–water partition coefficient (Wildman–Crippen LogP) is 4.24. The molecule has 1 aromatic carbocycles. The molecule has 1 rings (SSSR count). The van der Waals surface area contributed by atoms with E-state index < -0.39 is 12.0 Å². The van der Waals surface area contributed by atoms with Crippen molar-refractivity contribution in [2.75, 3.05) is 0 Å². The zero-order valence-corrected chi connectivity index (χ0v) is 17.4. The van der Waals surface area contributed by atoms with Gasteiger partial charge in [0, 0.05) is 5.56 Å². The molecular formula is C21H35NO4. The highest BCUT2D eigenvalue weighted by Crippen LogP contribution is 2.36. The number of phenols is 1. The van der Waals surface area contributed by atoms with Crippen LogP contribution in [0.2, 0.25) is 0 Å². The van der Waals surface area contributed by atoms with Crippen LogP contribution in [-0.4, -0.2) is 28.5 Å². The van der Waals surface area contributed by atoms with Crippen molar-refractivity contribution in [1.29, 1.82) is 0 Å². The van der Waals surface area contributed by atoms with E-state index in [9.17, 15) is 14.7 Å². The Balaban J connectivity index is 0.000000590. The summed E-state index contributed by atoms with van der Waals surface area (Å²) < 4.78 is 0. The lowest BCUT2D eigenvalue weighted by Crippen LogP contribution is -2.36. The number of aliphatic carboxylic acids is 1. The van der Waals surface area contributed by atoms with Crippen LogP contribution in [0.15, 0.2) is 12.1 Å². The molecule has 2 unspecified atom stereocenters. The van der Waals surface area contributed by atoms with Crippen LogP contribution in [0.4, 0.5) is 0 Å². The number of hydrogen-bond donors (Lipinski definition) is 3. The fourth-order valence-electron chi connectivity index (χ4n) is 2.25. The van der Waals surface area contributed by atoms with Crippen LogP contribution in [0.25, 0.3) is 0 Å². The Bertz CT molecular complexity index is 624. The van der Waals surface area contributed by atoms with Gasteiger partial charge in [-0.15, -0.1) is 0 Å². The van der Waals surface area contributed by atoms with E-state index in [-0.39, 0.29) is 22.5 Å². The van der Waals surface area contributed by atoms with Crippen LogP contribution in [-0.2, 0) is 15.6 Å². The quantitative estimate of drug-likeness (QED) is 0.693. The first-order valence-corrected chi connectivity index (χ1v) is 8.98. The molecule has 0 aliphatic rings. The number of carbonyl (C=O) groups is 2. The number of nitrogens with two attached hydrogens (primary N) is 1. The van der Waals surface area contributed by atoms with Crippen LogP contribution in [0.3, 0.4) is 0 Å². The summed E-state index contributed by atoms with van der Waals surface area (Å²) in [7, 11) is 0. The van der Waals surface area contributed by atoms with Crippen molar-refractivity contribution >= 4 is 12.3 Å². The van der Waals surface area contributed by atoms with Crippen molar-refractivity contribution in [3.63, 3.8) is 0 Å². The molecule has 0 aliphatic heterocycles. The molecular weight excluding hydrogens is 330 g/mol. The molecule has 1 aromatic rings. The Labute approximate surface area is 157 Å². The van der Waals surface area contributed by atoms with Gasteiger partial charge >= 0.3 is 5.97 Å². The highest BCUT2D eigenvalue weighted by atomic mass is 16.4. The van der Waals surface area contributed by atoms with Gasteiger partial charge in [-0.1, -0.05) is 67.9 Å². The Morgan fingerprint density at radius 3 is 1.92 bits per heavy atom. The Morgan fingerprint density at radius 2 is 1.65 bits per heavy atom. The van der Waals surface area contributed by atoms with Crippen molar-refractivity contribution in [3.8, 4) is 5.75 Å². The van der Waals surface area contributed by atoms with E-state index in [0.717, 1.165) is 23.8 Å². The summed E-state index contributed by atoms with van der Waals surface area (Å²) in [6.45, 7) is 16.1. The molecule has 5 heteroatoms. The van der Waals surface area contributed by atoms with E-state index in [1.165, 1.54) is 0 Å². The van der Waals surface area contributed by atoms with Gasteiger partial charge in [-0.3, -0.25) is 9.59 Å². The summed E-state index contributed by atoms with van der Waals surface area (Å²) in [6, 6.07) is 3.08. The van der Waals surface area contributed by atoms with Gasteiger partial charge < -0.3 is 15.9 Å². The molecule has 2 atom stereocenters. The summed E-state index contributed by atoms with van der Waals surface area (Å²) in [5, 5.41) is 18.4. The highest BCUT2D eigenvalue weighted by molar-refractivity contribution is 5.81. The molecule has 0 bridgehead atoms. The first-order valence-electron chi connectivity index (χ1n) is 8.98. The van der Waals surface area contributed by atoms with Gasteiger partial charge in [0.2, 0.25) is 0 Å². The lowest BCUT2D eigenvalue weighted by molar-refractivity contribution is -0.139. The number of hydrogen-bond acceptors (Lipinski definition) is 4. The molecule has 4 N–H and O–H groups in total. The standard InChI is InChI=1S/C15H22O2.C6H13NO2/c1-14(2,3)11-7-10(9-16)13(17)12(8-11)15(4,5)6;1-3-4(2)5(7)6(8)9/h7-9,17H,1-6H3;4-5H,3,7H2,1-2H3,(H,8,9). The summed E-state index contributed by atoms with van der Waals surface area (Å²) in [5.41, 5.74) is 7.33. The minimum Gasteiger partial charge on any atom is -0.507 e. The second-order valence-corrected chi connectivity index (χ2v) is 8.83. The molecule has 0 heterocycles. The molecule has 0 aliphatic carbocycles. The van der Waals surface area contributed by atoms with E-state index in [2.05, 4.69) is 20.8 Å². The minimum absolute atomic E-state index is 0.0362.